The van der Waals surface area contributed by atoms with Gasteiger partial charge in [-0.15, -0.1) is 11.3 Å². The van der Waals surface area contributed by atoms with E-state index in [0.717, 1.165) is 29.7 Å². The van der Waals surface area contributed by atoms with Crippen molar-refractivity contribution in [2.45, 2.75) is 46.5 Å². The number of carbonyl (C=O) groups is 1. The van der Waals surface area contributed by atoms with Crippen LogP contribution in [0.3, 0.4) is 0 Å². The second kappa shape index (κ2) is 5.26. The number of nitrogens with one attached hydrogen (secondary N) is 1. The van der Waals surface area contributed by atoms with Gasteiger partial charge in [-0.3, -0.25) is 15.0 Å². The Morgan fingerprint density at radius 2 is 2.05 bits per heavy atom. The summed E-state index contributed by atoms with van der Waals surface area (Å²) in [6, 6.07) is 0. The third kappa shape index (κ3) is 2.37. The van der Waals surface area contributed by atoms with Gasteiger partial charge in [0.25, 0.3) is 5.56 Å². The molecular weight excluding hydrogens is 286 g/mol. The van der Waals surface area contributed by atoms with E-state index in [1.807, 2.05) is 0 Å². The van der Waals surface area contributed by atoms with Gasteiger partial charge in [-0.2, -0.15) is 0 Å². The summed E-state index contributed by atoms with van der Waals surface area (Å²) >= 11 is 1.62. The molecule has 3 rings (SSSR count). The van der Waals surface area contributed by atoms with Crippen LogP contribution in [-0.2, 0) is 17.6 Å². The number of carbonyl (C=O) groups excluding carboxylic acids is 1. The molecule has 2 heterocycles. The van der Waals surface area contributed by atoms with Crippen LogP contribution in [0.2, 0.25) is 0 Å². The predicted octanol–water partition coefficient (Wildman–Crippen LogP) is 2.37. The van der Waals surface area contributed by atoms with Crippen LogP contribution in [0.4, 0.5) is 0 Å². The molecule has 1 amide bonds. The van der Waals surface area contributed by atoms with Crippen LogP contribution in [0.15, 0.2) is 4.79 Å². The zero-order chi connectivity index (χ0) is 15.1. The summed E-state index contributed by atoms with van der Waals surface area (Å²) in [5.41, 5.74) is 3.67. The molecule has 0 fully saturated rings. The van der Waals surface area contributed by atoms with Gasteiger partial charge >= 0.3 is 0 Å². The van der Waals surface area contributed by atoms with Crippen LogP contribution >= 0.6 is 11.3 Å². The number of thiophene rings is 1. The highest BCUT2D eigenvalue weighted by molar-refractivity contribution is 7.18. The Kier molecular flexibility index (Phi) is 3.57. The lowest BCUT2D eigenvalue weighted by Gasteiger charge is -2.13. The Balaban J connectivity index is 2.18. The van der Waals surface area contributed by atoms with Crippen LogP contribution in [0, 0.1) is 12.8 Å². The highest BCUT2D eigenvalue weighted by Gasteiger charge is 2.22. The molecule has 6 heteroatoms. The highest BCUT2D eigenvalue weighted by Crippen LogP contribution is 2.33. The van der Waals surface area contributed by atoms with Crippen LogP contribution in [0.1, 0.15) is 43.0 Å². The minimum absolute atomic E-state index is 0.147. The fourth-order valence-corrected chi connectivity index (χ4v) is 3.97. The lowest BCUT2D eigenvalue weighted by Crippen LogP contribution is -2.37. The fraction of sp³-hybridized carbons (Fsp3) is 0.533. The van der Waals surface area contributed by atoms with E-state index in [1.165, 1.54) is 16.0 Å². The molecule has 112 valence electrons. The second-order valence-electron chi connectivity index (χ2n) is 5.82. The third-order valence-corrected chi connectivity index (χ3v) is 5.09. The number of aryl methyl sites for hydroxylation is 3. The van der Waals surface area contributed by atoms with E-state index in [4.69, 9.17) is 0 Å². The number of aromatic nitrogens is 2. The summed E-state index contributed by atoms with van der Waals surface area (Å²) in [7, 11) is 0. The lowest BCUT2D eigenvalue weighted by atomic mass is 9.97. The summed E-state index contributed by atoms with van der Waals surface area (Å²) in [6.07, 6.45) is 4.27. The van der Waals surface area contributed by atoms with Gasteiger partial charge in [0.05, 0.1) is 5.39 Å². The van der Waals surface area contributed by atoms with Crippen molar-refractivity contribution in [3.63, 3.8) is 0 Å². The molecule has 0 saturated carbocycles. The maximum absolute atomic E-state index is 12.8. The minimum atomic E-state index is -0.177. The van der Waals surface area contributed by atoms with Gasteiger partial charge in [-0.05, 0) is 38.2 Å². The van der Waals surface area contributed by atoms with E-state index >= 15 is 0 Å². The molecule has 0 aromatic carbocycles. The van der Waals surface area contributed by atoms with E-state index in [2.05, 4.69) is 10.4 Å². The molecule has 0 aliphatic heterocycles. The van der Waals surface area contributed by atoms with Crippen molar-refractivity contribution >= 4 is 27.5 Å². The van der Waals surface area contributed by atoms with Crippen molar-refractivity contribution in [3.8, 4) is 0 Å². The Bertz CT molecular complexity index is 773. The Hall–Kier alpha value is -1.69. The first-order valence-corrected chi connectivity index (χ1v) is 8.15. The topological polar surface area (TPSA) is 64.0 Å². The number of fused-ring (bicyclic) bond motifs is 3. The molecule has 2 aromatic rings. The molecule has 0 radical (unpaired) electrons. The lowest BCUT2D eigenvalue weighted by molar-refractivity contribution is -0.119. The monoisotopic (exact) mass is 305 g/mol. The normalized spacial score (nSPS) is 14.5. The number of nitrogens with zero attached hydrogens (tertiary/aromatic N) is 2. The molecule has 21 heavy (non-hydrogen) atoms. The van der Waals surface area contributed by atoms with Crippen molar-refractivity contribution < 1.29 is 4.79 Å². The van der Waals surface area contributed by atoms with Crippen LogP contribution in [0.25, 0.3) is 10.2 Å². The first kappa shape index (κ1) is 14.3. The third-order valence-electron chi connectivity index (χ3n) is 3.90. The Morgan fingerprint density at radius 1 is 1.33 bits per heavy atom. The van der Waals surface area contributed by atoms with Crippen molar-refractivity contribution in [1.82, 2.24) is 9.66 Å². The molecule has 0 spiro atoms. The maximum atomic E-state index is 12.8. The van der Waals surface area contributed by atoms with Crippen molar-refractivity contribution in [3.05, 3.63) is 26.6 Å². The molecule has 2 aromatic heterocycles. The van der Waals surface area contributed by atoms with Gasteiger partial charge in [-0.1, -0.05) is 13.8 Å². The fourth-order valence-electron chi connectivity index (χ4n) is 2.68. The maximum Gasteiger partial charge on any atom is 0.281 e. The smallest absolute Gasteiger partial charge is 0.273 e. The average Bonchev–Trinajstić information content (AvgIpc) is 2.80. The number of hydrogen-bond donors (Lipinski definition) is 1. The summed E-state index contributed by atoms with van der Waals surface area (Å²) in [5, 5.41) is 0.698. The van der Waals surface area contributed by atoms with Crippen LogP contribution in [0.5, 0.6) is 0 Å². The van der Waals surface area contributed by atoms with Gasteiger partial charge < -0.3 is 0 Å². The summed E-state index contributed by atoms with van der Waals surface area (Å²) in [6.45, 7) is 5.35. The van der Waals surface area contributed by atoms with Gasteiger partial charge in [-0.25, -0.2) is 9.66 Å². The van der Waals surface area contributed by atoms with E-state index < -0.39 is 0 Å². The van der Waals surface area contributed by atoms with E-state index in [1.54, 1.807) is 32.1 Å². The molecule has 0 saturated heterocycles. The van der Waals surface area contributed by atoms with Gasteiger partial charge in [0.1, 0.15) is 10.7 Å². The molecule has 0 atom stereocenters. The SMILES string of the molecule is Cc1nc2sc3c(c2c(=O)n1NC(=O)C(C)C)CCCC3. The number of hydrogen-bond acceptors (Lipinski definition) is 4. The van der Waals surface area contributed by atoms with Crippen molar-refractivity contribution in [2.75, 3.05) is 5.43 Å². The Labute approximate surface area is 127 Å². The molecule has 0 unspecified atom stereocenters. The van der Waals surface area contributed by atoms with E-state index in [0.29, 0.717) is 11.2 Å². The standard InChI is InChI=1S/C15H19N3O2S/c1-8(2)13(19)17-18-9(3)16-14-12(15(18)20)10-6-4-5-7-11(10)21-14/h8H,4-7H2,1-3H3,(H,17,19). The predicted molar refractivity (Wildman–Crippen MR) is 84.5 cm³/mol. The van der Waals surface area contributed by atoms with Gasteiger partial charge in [0.2, 0.25) is 5.91 Å². The zero-order valence-electron chi connectivity index (χ0n) is 12.5. The Morgan fingerprint density at radius 3 is 2.76 bits per heavy atom. The van der Waals surface area contributed by atoms with Crippen LogP contribution in [-0.4, -0.2) is 15.6 Å². The van der Waals surface area contributed by atoms with E-state index in [-0.39, 0.29) is 17.4 Å². The first-order valence-electron chi connectivity index (χ1n) is 7.34. The van der Waals surface area contributed by atoms with Crippen molar-refractivity contribution in [1.29, 1.82) is 0 Å². The van der Waals surface area contributed by atoms with E-state index in [9.17, 15) is 9.59 Å². The number of amides is 1. The quantitative estimate of drug-likeness (QED) is 0.926. The van der Waals surface area contributed by atoms with Crippen LogP contribution < -0.4 is 11.0 Å². The van der Waals surface area contributed by atoms with Gasteiger partial charge in [0.15, 0.2) is 0 Å². The molecule has 5 nitrogen and oxygen atoms in total. The molecule has 1 N–H and O–H groups in total. The molecule has 1 aliphatic carbocycles. The average molecular weight is 305 g/mol. The summed E-state index contributed by atoms with van der Waals surface area (Å²) in [5.74, 6) is 0.175. The second-order valence-corrected chi connectivity index (χ2v) is 6.91. The van der Waals surface area contributed by atoms with Gasteiger partial charge in [0, 0.05) is 10.8 Å². The zero-order valence-corrected chi connectivity index (χ0v) is 13.3. The largest absolute Gasteiger partial charge is 0.281 e. The summed E-state index contributed by atoms with van der Waals surface area (Å²) in [4.78, 5) is 31.3. The molecule has 0 bridgehead atoms. The first-order chi connectivity index (χ1) is 9.99. The number of rotatable bonds is 2. The minimum Gasteiger partial charge on any atom is -0.273 e. The van der Waals surface area contributed by atoms with Crippen molar-refractivity contribution in [2.24, 2.45) is 5.92 Å². The molecular formula is C15H19N3O2S. The highest BCUT2D eigenvalue weighted by atomic mass is 32.1. The summed E-state index contributed by atoms with van der Waals surface area (Å²) < 4.78 is 1.30. The molecule has 1 aliphatic rings.